The van der Waals surface area contributed by atoms with E-state index in [1.54, 1.807) is 25.3 Å². The van der Waals surface area contributed by atoms with Gasteiger partial charge >= 0.3 is 0 Å². The normalized spacial score (nSPS) is 10.5. The summed E-state index contributed by atoms with van der Waals surface area (Å²) < 4.78 is 15.5. The fourth-order valence-corrected chi connectivity index (χ4v) is 2.02. The van der Waals surface area contributed by atoms with Crippen LogP contribution in [0.2, 0.25) is 0 Å². The highest BCUT2D eigenvalue weighted by molar-refractivity contribution is 6.04. The smallest absolute Gasteiger partial charge is 0.277 e. The summed E-state index contributed by atoms with van der Waals surface area (Å²) in [6.45, 7) is 1.93. The van der Waals surface area contributed by atoms with Gasteiger partial charge in [-0.15, -0.1) is 0 Å². The van der Waals surface area contributed by atoms with Gasteiger partial charge in [0.05, 0.1) is 19.1 Å². The van der Waals surface area contributed by atoms with Gasteiger partial charge in [-0.3, -0.25) is 4.79 Å². The van der Waals surface area contributed by atoms with Gasteiger partial charge in [0.25, 0.3) is 5.91 Å². The second-order valence-corrected chi connectivity index (χ2v) is 4.71. The molecule has 2 aromatic heterocycles. The van der Waals surface area contributed by atoms with Crippen LogP contribution >= 0.6 is 0 Å². The molecule has 0 saturated carbocycles. The minimum atomic E-state index is -0.384. The molecule has 22 heavy (non-hydrogen) atoms. The molecule has 0 saturated heterocycles. The Balaban J connectivity index is 1.82. The lowest BCUT2D eigenvalue weighted by Gasteiger charge is -2.09. The Morgan fingerprint density at radius 1 is 1.23 bits per heavy atom. The summed E-state index contributed by atoms with van der Waals surface area (Å²) in [4.78, 5) is 12.3. The predicted octanol–water partition coefficient (Wildman–Crippen LogP) is 3.50. The van der Waals surface area contributed by atoms with Crippen LogP contribution in [-0.2, 0) is 0 Å². The molecule has 0 aliphatic heterocycles. The number of hydrogen-bond donors (Lipinski definition) is 1. The monoisotopic (exact) mass is 298 g/mol. The lowest BCUT2D eigenvalue weighted by Crippen LogP contribution is -2.13. The molecule has 0 spiro atoms. The maximum atomic E-state index is 12.3. The van der Waals surface area contributed by atoms with E-state index in [1.165, 1.54) is 12.3 Å². The first kappa shape index (κ1) is 13.9. The molecule has 6 nitrogen and oxygen atoms in total. The number of aromatic nitrogens is 1. The quantitative estimate of drug-likeness (QED) is 0.797. The highest BCUT2D eigenvalue weighted by Gasteiger charge is 2.16. The van der Waals surface area contributed by atoms with Crippen molar-refractivity contribution >= 4 is 11.6 Å². The Bertz CT molecular complexity index is 790. The van der Waals surface area contributed by atoms with Crippen molar-refractivity contribution in [1.82, 2.24) is 5.16 Å². The van der Waals surface area contributed by atoms with Gasteiger partial charge in [0.15, 0.2) is 11.5 Å². The van der Waals surface area contributed by atoms with Gasteiger partial charge in [-0.2, -0.15) is 0 Å². The molecule has 0 fully saturated rings. The number of carbonyl (C=O) groups excluding carboxylic acids is 1. The third kappa shape index (κ3) is 2.71. The van der Waals surface area contributed by atoms with E-state index in [2.05, 4.69) is 10.5 Å². The highest BCUT2D eigenvalue weighted by Crippen LogP contribution is 2.26. The van der Waals surface area contributed by atoms with Gasteiger partial charge in [-0.05, 0) is 36.8 Å². The van der Waals surface area contributed by atoms with Crippen LogP contribution in [-0.4, -0.2) is 18.2 Å². The SMILES string of the molecule is COc1ccc(C)cc1NC(=O)c1cc(-c2ccco2)on1. The van der Waals surface area contributed by atoms with Crippen molar-refractivity contribution in [2.75, 3.05) is 12.4 Å². The Morgan fingerprint density at radius 2 is 2.09 bits per heavy atom. The van der Waals surface area contributed by atoms with Gasteiger partial charge < -0.3 is 19.0 Å². The van der Waals surface area contributed by atoms with Gasteiger partial charge in [-0.25, -0.2) is 0 Å². The van der Waals surface area contributed by atoms with Crippen molar-refractivity contribution in [1.29, 1.82) is 0 Å². The summed E-state index contributed by atoms with van der Waals surface area (Å²) in [6.07, 6.45) is 1.52. The summed E-state index contributed by atoms with van der Waals surface area (Å²) in [7, 11) is 1.55. The summed E-state index contributed by atoms with van der Waals surface area (Å²) in [5.74, 6) is 1.10. The summed E-state index contributed by atoms with van der Waals surface area (Å²) in [6, 6.07) is 10.5. The Hall–Kier alpha value is -3.02. The molecule has 2 heterocycles. The number of benzene rings is 1. The predicted molar refractivity (Wildman–Crippen MR) is 79.9 cm³/mol. The third-order valence-corrected chi connectivity index (χ3v) is 3.11. The zero-order chi connectivity index (χ0) is 15.5. The molecule has 112 valence electrons. The molecule has 0 aliphatic carbocycles. The molecule has 0 radical (unpaired) electrons. The average Bonchev–Trinajstić information content (AvgIpc) is 3.18. The van der Waals surface area contributed by atoms with Crippen LogP contribution in [0.15, 0.2) is 51.6 Å². The largest absolute Gasteiger partial charge is 0.495 e. The number of ether oxygens (including phenoxy) is 1. The first-order chi connectivity index (χ1) is 10.7. The number of aryl methyl sites for hydroxylation is 1. The van der Waals surface area contributed by atoms with Crippen LogP contribution in [0.4, 0.5) is 5.69 Å². The standard InChI is InChI=1S/C16H14N2O4/c1-10-5-6-13(20-2)11(8-10)17-16(19)12-9-15(22-18-12)14-4-3-7-21-14/h3-9H,1-2H3,(H,17,19). The zero-order valence-electron chi connectivity index (χ0n) is 12.1. The van der Waals surface area contributed by atoms with Crippen LogP contribution in [0.5, 0.6) is 5.75 Å². The van der Waals surface area contributed by atoms with Crippen LogP contribution < -0.4 is 10.1 Å². The second kappa shape index (κ2) is 5.77. The molecule has 0 bridgehead atoms. The summed E-state index contributed by atoms with van der Waals surface area (Å²) in [5, 5.41) is 6.52. The fourth-order valence-electron chi connectivity index (χ4n) is 2.02. The number of rotatable bonds is 4. The molecule has 6 heteroatoms. The van der Waals surface area contributed by atoms with Gasteiger partial charge in [0.1, 0.15) is 5.75 Å². The number of nitrogens with zero attached hydrogens (tertiary/aromatic N) is 1. The van der Waals surface area contributed by atoms with Crippen molar-refractivity contribution in [2.45, 2.75) is 6.92 Å². The topological polar surface area (TPSA) is 77.5 Å². The summed E-state index contributed by atoms with van der Waals surface area (Å²) >= 11 is 0. The van der Waals surface area contributed by atoms with E-state index in [4.69, 9.17) is 13.7 Å². The van der Waals surface area contributed by atoms with Crippen molar-refractivity contribution < 1.29 is 18.5 Å². The number of nitrogens with one attached hydrogen (secondary N) is 1. The Morgan fingerprint density at radius 3 is 2.82 bits per heavy atom. The highest BCUT2D eigenvalue weighted by atomic mass is 16.5. The molecule has 1 aromatic carbocycles. The first-order valence-electron chi connectivity index (χ1n) is 6.64. The van der Waals surface area contributed by atoms with Crippen LogP contribution in [0.3, 0.4) is 0 Å². The fraction of sp³-hybridized carbons (Fsp3) is 0.125. The molecule has 0 aliphatic rings. The van der Waals surface area contributed by atoms with E-state index in [1.807, 2.05) is 19.1 Å². The van der Waals surface area contributed by atoms with Crippen molar-refractivity contribution in [2.24, 2.45) is 0 Å². The van der Waals surface area contributed by atoms with Gasteiger partial charge in [-0.1, -0.05) is 11.2 Å². The lowest BCUT2D eigenvalue weighted by molar-refractivity contribution is 0.101. The maximum absolute atomic E-state index is 12.3. The second-order valence-electron chi connectivity index (χ2n) is 4.71. The molecular formula is C16H14N2O4. The molecule has 3 rings (SSSR count). The van der Waals surface area contributed by atoms with Crippen LogP contribution in [0.25, 0.3) is 11.5 Å². The number of carbonyl (C=O) groups is 1. The lowest BCUT2D eigenvalue weighted by atomic mass is 10.2. The van der Waals surface area contributed by atoms with E-state index in [0.717, 1.165) is 5.56 Å². The molecule has 1 amide bonds. The van der Waals surface area contributed by atoms with Gasteiger partial charge in [0.2, 0.25) is 5.76 Å². The number of methoxy groups -OCH3 is 1. The molecule has 0 unspecified atom stereocenters. The van der Waals surface area contributed by atoms with Crippen LogP contribution in [0.1, 0.15) is 16.1 Å². The molecular weight excluding hydrogens is 284 g/mol. The number of hydrogen-bond acceptors (Lipinski definition) is 5. The average molecular weight is 298 g/mol. The number of amides is 1. The van der Waals surface area contributed by atoms with E-state index < -0.39 is 0 Å². The maximum Gasteiger partial charge on any atom is 0.277 e. The zero-order valence-corrected chi connectivity index (χ0v) is 12.1. The molecule has 3 aromatic rings. The molecule has 0 atom stereocenters. The minimum Gasteiger partial charge on any atom is -0.495 e. The van der Waals surface area contributed by atoms with E-state index in [0.29, 0.717) is 23.0 Å². The Kier molecular flexibility index (Phi) is 3.65. The van der Waals surface area contributed by atoms with Crippen molar-refractivity contribution in [3.63, 3.8) is 0 Å². The Labute approximate surface area is 126 Å². The summed E-state index contributed by atoms with van der Waals surface area (Å²) in [5.41, 5.74) is 1.75. The van der Waals surface area contributed by atoms with Gasteiger partial charge in [0, 0.05) is 6.07 Å². The van der Waals surface area contributed by atoms with Crippen LogP contribution in [0, 0.1) is 6.92 Å². The third-order valence-electron chi connectivity index (χ3n) is 3.11. The van der Waals surface area contributed by atoms with E-state index >= 15 is 0 Å². The van der Waals surface area contributed by atoms with E-state index in [-0.39, 0.29) is 11.6 Å². The van der Waals surface area contributed by atoms with Crippen molar-refractivity contribution in [3.8, 4) is 17.3 Å². The first-order valence-corrected chi connectivity index (χ1v) is 6.64. The van der Waals surface area contributed by atoms with Crippen molar-refractivity contribution in [3.05, 3.63) is 53.9 Å². The van der Waals surface area contributed by atoms with E-state index in [9.17, 15) is 4.79 Å². The molecule has 1 N–H and O–H groups in total. The number of anilines is 1. The number of furan rings is 1. The minimum absolute atomic E-state index is 0.162.